The van der Waals surface area contributed by atoms with Crippen LogP contribution in [0.25, 0.3) is 0 Å². The van der Waals surface area contributed by atoms with Gasteiger partial charge in [-0.05, 0) is 18.1 Å². The summed E-state index contributed by atoms with van der Waals surface area (Å²) in [5, 5.41) is 0. The van der Waals surface area contributed by atoms with E-state index >= 15 is 0 Å². The van der Waals surface area contributed by atoms with Crippen LogP contribution in [0.2, 0.25) is 19.6 Å². The first-order valence-electron chi connectivity index (χ1n) is 4.09. The number of hydrogen-bond donors (Lipinski definition) is 0. The Morgan fingerprint density at radius 1 is 1.38 bits per heavy atom. The molecule has 0 aliphatic rings. The first kappa shape index (κ1) is 9.81. The maximum Gasteiger partial charge on any atom is 0.185 e. The van der Waals surface area contributed by atoms with Crippen molar-refractivity contribution in [1.29, 1.82) is 0 Å². The van der Waals surface area contributed by atoms with Crippen molar-refractivity contribution in [3.8, 4) is 11.5 Å². The van der Waals surface area contributed by atoms with Crippen molar-refractivity contribution in [2.45, 2.75) is 19.6 Å². The molecule has 0 saturated heterocycles. The van der Waals surface area contributed by atoms with Crippen molar-refractivity contribution in [3.05, 3.63) is 23.7 Å². The zero-order valence-corrected chi connectivity index (χ0v) is 9.05. The lowest BCUT2D eigenvalue weighted by molar-refractivity contribution is 0.110. The normalized spacial score (nSPS) is 10.4. The Morgan fingerprint density at radius 3 is 2.54 bits per heavy atom. The monoisotopic (exact) mass is 192 g/mol. The van der Waals surface area contributed by atoms with Gasteiger partial charge in [0.25, 0.3) is 0 Å². The predicted molar refractivity (Wildman–Crippen MR) is 54.3 cm³/mol. The second-order valence-corrected chi connectivity index (χ2v) is 8.57. The van der Waals surface area contributed by atoms with Gasteiger partial charge in [-0.15, -0.1) is 5.54 Å². The SMILES string of the molecule is C[Si](C)(C)C#Cc1ccc(C=O)o1. The third-order valence-electron chi connectivity index (χ3n) is 1.30. The molecule has 0 bridgehead atoms. The van der Waals surface area contributed by atoms with Crippen LogP contribution in [0.15, 0.2) is 16.5 Å². The fourth-order valence-corrected chi connectivity index (χ4v) is 1.23. The summed E-state index contributed by atoms with van der Waals surface area (Å²) in [7, 11) is -1.35. The highest BCUT2D eigenvalue weighted by atomic mass is 28.3. The van der Waals surface area contributed by atoms with Crippen molar-refractivity contribution < 1.29 is 9.21 Å². The van der Waals surface area contributed by atoms with Gasteiger partial charge in [-0.2, -0.15) is 0 Å². The Morgan fingerprint density at radius 2 is 2.08 bits per heavy atom. The number of hydrogen-bond acceptors (Lipinski definition) is 2. The molecule has 0 unspecified atom stereocenters. The van der Waals surface area contributed by atoms with Crippen LogP contribution in [0.1, 0.15) is 16.3 Å². The first-order chi connectivity index (χ1) is 6.01. The number of carbonyl (C=O) groups excluding carboxylic acids is 1. The molecule has 2 nitrogen and oxygen atoms in total. The minimum Gasteiger partial charge on any atom is -0.445 e. The zero-order valence-electron chi connectivity index (χ0n) is 8.05. The van der Waals surface area contributed by atoms with E-state index < -0.39 is 8.07 Å². The second-order valence-electron chi connectivity index (χ2n) is 3.82. The van der Waals surface area contributed by atoms with E-state index in [0.29, 0.717) is 17.8 Å². The van der Waals surface area contributed by atoms with Gasteiger partial charge in [0.1, 0.15) is 8.07 Å². The van der Waals surface area contributed by atoms with Gasteiger partial charge in [0.05, 0.1) is 0 Å². The molecule has 0 aromatic carbocycles. The Bertz CT molecular complexity index is 360. The van der Waals surface area contributed by atoms with Gasteiger partial charge in [0.15, 0.2) is 17.8 Å². The van der Waals surface area contributed by atoms with Gasteiger partial charge < -0.3 is 4.42 Å². The van der Waals surface area contributed by atoms with Crippen LogP contribution in [-0.2, 0) is 0 Å². The van der Waals surface area contributed by atoms with E-state index in [1.165, 1.54) is 0 Å². The molecule has 1 rings (SSSR count). The van der Waals surface area contributed by atoms with Gasteiger partial charge in [0, 0.05) is 0 Å². The number of rotatable bonds is 1. The molecule has 0 amide bonds. The highest BCUT2D eigenvalue weighted by Gasteiger charge is 2.07. The van der Waals surface area contributed by atoms with Crippen molar-refractivity contribution in [2.24, 2.45) is 0 Å². The van der Waals surface area contributed by atoms with Crippen LogP contribution >= 0.6 is 0 Å². The van der Waals surface area contributed by atoms with Crippen molar-refractivity contribution in [1.82, 2.24) is 0 Å². The average Bonchev–Trinajstić information content (AvgIpc) is 2.47. The summed E-state index contributed by atoms with van der Waals surface area (Å²) in [5.41, 5.74) is 3.15. The molecule has 1 aromatic heterocycles. The topological polar surface area (TPSA) is 30.2 Å². The fraction of sp³-hybridized carbons (Fsp3) is 0.300. The van der Waals surface area contributed by atoms with E-state index in [1.54, 1.807) is 12.1 Å². The van der Waals surface area contributed by atoms with Crippen LogP contribution in [-0.4, -0.2) is 14.4 Å². The summed E-state index contributed by atoms with van der Waals surface area (Å²) < 4.78 is 5.11. The Kier molecular flexibility index (Phi) is 2.74. The van der Waals surface area contributed by atoms with Gasteiger partial charge in [-0.25, -0.2) is 0 Å². The van der Waals surface area contributed by atoms with Gasteiger partial charge in [-0.3, -0.25) is 4.79 Å². The van der Waals surface area contributed by atoms with Gasteiger partial charge >= 0.3 is 0 Å². The molecule has 68 valence electrons. The molecule has 0 spiro atoms. The standard InChI is InChI=1S/C10H12O2Si/c1-13(2,3)7-6-9-4-5-10(8-11)12-9/h4-5,8H,1-3H3. The molecular formula is C10H12O2Si. The van der Waals surface area contributed by atoms with Crippen molar-refractivity contribution >= 4 is 14.4 Å². The minimum atomic E-state index is -1.35. The van der Waals surface area contributed by atoms with E-state index in [9.17, 15) is 4.79 Å². The maximum atomic E-state index is 10.3. The lowest BCUT2D eigenvalue weighted by Gasteiger charge is -2.02. The molecule has 13 heavy (non-hydrogen) atoms. The highest BCUT2D eigenvalue weighted by molar-refractivity contribution is 6.83. The van der Waals surface area contributed by atoms with Gasteiger partial charge in [0.2, 0.25) is 0 Å². The molecule has 1 aromatic rings. The summed E-state index contributed by atoms with van der Waals surface area (Å²) in [4.78, 5) is 10.3. The van der Waals surface area contributed by atoms with E-state index in [0.717, 1.165) is 0 Å². The number of aldehydes is 1. The van der Waals surface area contributed by atoms with Crippen LogP contribution in [0.3, 0.4) is 0 Å². The molecular weight excluding hydrogens is 180 g/mol. The van der Waals surface area contributed by atoms with Gasteiger partial charge in [-0.1, -0.05) is 19.6 Å². The predicted octanol–water partition coefficient (Wildman–Crippen LogP) is 2.32. The molecule has 3 heteroatoms. The number of carbonyl (C=O) groups is 1. The van der Waals surface area contributed by atoms with Crippen molar-refractivity contribution in [3.63, 3.8) is 0 Å². The molecule has 0 N–H and O–H groups in total. The molecule has 0 fully saturated rings. The Hall–Kier alpha value is -1.27. The van der Waals surface area contributed by atoms with E-state index in [4.69, 9.17) is 4.42 Å². The Balaban J connectivity index is 2.84. The van der Waals surface area contributed by atoms with E-state index in [1.807, 2.05) is 0 Å². The van der Waals surface area contributed by atoms with E-state index in [-0.39, 0.29) is 0 Å². The fourth-order valence-electron chi connectivity index (χ4n) is 0.732. The second kappa shape index (κ2) is 3.63. The molecule has 0 atom stereocenters. The minimum absolute atomic E-state index is 0.333. The smallest absolute Gasteiger partial charge is 0.185 e. The van der Waals surface area contributed by atoms with Crippen LogP contribution < -0.4 is 0 Å². The van der Waals surface area contributed by atoms with Crippen LogP contribution in [0.4, 0.5) is 0 Å². The summed E-state index contributed by atoms with van der Waals surface area (Å²) >= 11 is 0. The molecule has 0 aliphatic heterocycles. The molecule has 0 saturated carbocycles. The molecule has 0 aliphatic carbocycles. The average molecular weight is 192 g/mol. The third kappa shape index (κ3) is 3.30. The summed E-state index contributed by atoms with van der Waals surface area (Å²) in [6.45, 7) is 6.47. The van der Waals surface area contributed by atoms with Crippen LogP contribution in [0.5, 0.6) is 0 Å². The highest BCUT2D eigenvalue weighted by Crippen LogP contribution is 2.04. The quantitative estimate of drug-likeness (QED) is 0.388. The van der Waals surface area contributed by atoms with Crippen LogP contribution in [0, 0.1) is 11.5 Å². The largest absolute Gasteiger partial charge is 0.445 e. The Labute approximate surface area is 79.0 Å². The number of furan rings is 1. The summed E-state index contributed by atoms with van der Waals surface area (Å²) in [5.74, 6) is 3.83. The maximum absolute atomic E-state index is 10.3. The summed E-state index contributed by atoms with van der Waals surface area (Å²) in [6.07, 6.45) is 0.680. The van der Waals surface area contributed by atoms with Crippen molar-refractivity contribution in [2.75, 3.05) is 0 Å². The first-order valence-corrected chi connectivity index (χ1v) is 7.59. The van der Waals surface area contributed by atoms with E-state index in [2.05, 4.69) is 31.1 Å². The lowest BCUT2D eigenvalue weighted by Crippen LogP contribution is -2.16. The third-order valence-corrected chi connectivity index (χ3v) is 2.18. The summed E-state index contributed by atoms with van der Waals surface area (Å²) in [6, 6.07) is 3.35. The zero-order chi connectivity index (χ0) is 9.90. The molecule has 1 heterocycles. The molecule has 0 radical (unpaired) electrons. The lowest BCUT2D eigenvalue weighted by atomic mass is 10.4.